The predicted molar refractivity (Wildman–Crippen MR) is 79.0 cm³/mol. The van der Waals surface area contributed by atoms with Crippen LogP contribution in [0.3, 0.4) is 0 Å². The molecule has 2 N–H and O–H groups in total. The summed E-state index contributed by atoms with van der Waals surface area (Å²) in [6, 6.07) is 5.75. The quantitative estimate of drug-likeness (QED) is 0.890. The molecule has 1 aromatic carbocycles. The van der Waals surface area contributed by atoms with Gasteiger partial charge in [0.25, 0.3) is 0 Å². The number of hydrogen-bond acceptors (Lipinski definition) is 2. The Hall–Kier alpha value is -2.50. The van der Waals surface area contributed by atoms with Crippen molar-refractivity contribution in [1.29, 1.82) is 0 Å². The lowest BCUT2D eigenvalue weighted by Crippen LogP contribution is -2.37. The van der Waals surface area contributed by atoms with Crippen molar-refractivity contribution in [3.8, 4) is 0 Å². The molecule has 0 spiro atoms. The lowest BCUT2D eigenvalue weighted by atomic mass is 10.0. The highest BCUT2D eigenvalue weighted by Gasteiger charge is 2.17. The molecule has 1 aromatic heterocycles. The summed E-state index contributed by atoms with van der Waals surface area (Å²) in [5.74, 6) is -1.07. The largest absolute Gasteiger partial charge is 0.334 e. The van der Waals surface area contributed by atoms with Crippen LogP contribution >= 0.6 is 0 Å². The summed E-state index contributed by atoms with van der Waals surface area (Å²) in [5.41, 5.74) is 1.04. The first-order chi connectivity index (χ1) is 10.6. The van der Waals surface area contributed by atoms with Crippen LogP contribution in [0, 0.1) is 11.6 Å². The molecule has 0 fully saturated rings. The third-order valence-electron chi connectivity index (χ3n) is 3.25. The van der Waals surface area contributed by atoms with Crippen molar-refractivity contribution in [1.82, 2.24) is 15.6 Å². The maximum Gasteiger partial charge on any atom is 0.315 e. The van der Waals surface area contributed by atoms with Crippen LogP contribution < -0.4 is 10.6 Å². The van der Waals surface area contributed by atoms with E-state index in [2.05, 4.69) is 15.6 Å². The van der Waals surface area contributed by atoms with E-state index in [-0.39, 0.29) is 5.56 Å². The van der Waals surface area contributed by atoms with Crippen LogP contribution in [0.2, 0.25) is 0 Å². The van der Waals surface area contributed by atoms with Gasteiger partial charge in [-0.1, -0.05) is 6.92 Å². The lowest BCUT2D eigenvalue weighted by Gasteiger charge is -2.18. The Bertz CT molecular complexity index is 635. The Kier molecular flexibility index (Phi) is 5.41. The van der Waals surface area contributed by atoms with Crippen LogP contribution in [0.15, 0.2) is 42.7 Å². The number of benzene rings is 1. The van der Waals surface area contributed by atoms with E-state index in [9.17, 15) is 13.6 Å². The van der Waals surface area contributed by atoms with E-state index in [4.69, 9.17) is 0 Å². The van der Waals surface area contributed by atoms with Gasteiger partial charge >= 0.3 is 6.03 Å². The highest BCUT2D eigenvalue weighted by molar-refractivity contribution is 5.74. The molecule has 1 atom stereocenters. The summed E-state index contributed by atoms with van der Waals surface area (Å²) in [6.45, 7) is 2.12. The smallest absolute Gasteiger partial charge is 0.315 e. The van der Waals surface area contributed by atoms with E-state index < -0.39 is 23.7 Å². The fourth-order valence-electron chi connectivity index (χ4n) is 2.07. The topological polar surface area (TPSA) is 54.0 Å². The zero-order chi connectivity index (χ0) is 15.9. The first kappa shape index (κ1) is 15.9. The highest BCUT2D eigenvalue weighted by atomic mass is 19.1. The maximum absolute atomic E-state index is 13.8. The summed E-state index contributed by atoms with van der Waals surface area (Å²) in [6.07, 6.45) is 3.71. The Balaban J connectivity index is 1.97. The first-order valence-electron chi connectivity index (χ1n) is 6.98. The molecule has 0 bridgehead atoms. The van der Waals surface area contributed by atoms with Crippen molar-refractivity contribution in [2.45, 2.75) is 25.9 Å². The van der Waals surface area contributed by atoms with E-state index in [1.165, 1.54) is 0 Å². The molecule has 0 aliphatic rings. The van der Waals surface area contributed by atoms with Crippen LogP contribution in [0.5, 0.6) is 0 Å². The Labute approximate surface area is 127 Å². The van der Waals surface area contributed by atoms with Gasteiger partial charge in [0.15, 0.2) is 0 Å². The molecule has 0 aliphatic heterocycles. The molecule has 0 saturated heterocycles. The molecular formula is C16H17F2N3O. The number of halogens is 2. The number of carbonyl (C=O) groups excluding carboxylic acids is 1. The lowest BCUT2D eigenvalue weighted by molar-refractivity contribution is 0.236. The standard InChI is InChI=1S/C16H17F2N3O/c1-2-15(13-9-12(17)3-4-14(13)18)21-16(22)20-10-11-5-7-19-8-6-11/h3-9,15H,2,10H2,1H3,(H2,20,21,22)/t15-/m1/s1. The van der Waals surface area contributed by atoms with Gasteiger partial charge in [-0.15, -0.1) is 0 Å². The fourth-order valence-corrected chi connectivity index (χ4v) is 2.07. The van der Waals surface area contributed by atoms with Gasteiger partial charge in [-0.3, -0.25) is 4.98 Å². The van der Waals surface area contributed by atoms with Gasteiger partial charge in [-0.05, 0) is 42.3 Å². The highest BCUT2D eigenvalue weighted by Crippen LogP contribution is 2.21. The average Bonchev–Trinajstić information content (AvgIpc) is 2.54. The van der Waals surface area contributed by atoms with E-state index in [1.807, 2.05) is 0 Å². The van der Waals surface area contributed by atoms with Gasteiger partial charge in [0.2, 0.25) is 0 Å². The van der Waals surface area contributed by atoms with Gasteiger partial charge in [0.1, 0.15) is 11.6 Å². The molecule has 2 rings (SSSR count). The summed E-state index contributed by atoms with van der Waals surface area (Å²) >= 11 is 0. The summed E-state index contributed by atoms with van der Waals surface area (Å²) in [7, 11) is 0. The second-order valence-electron chi connectivity index (χ2n) is 4.81. The van der Waals surface area contributed by atoms with Gasteiger partial charge in [-0.2, -0.15) is 0 Å². The van der Waals surface area contributed by atoms with Gasteiger partial charge in [0.05, 0.1) is 6.04 Å². The SMILES string of the molecule is CC[C@@H](NC(=O)NCc1ccncc1)c1cc(F)ccc1F. The van der Waals surface area contributed by atoms with Gasteiger partial charge in [0, 0.05) is 24.5 Å². The number of nitrogens with one attached hydrogen (secondary N) is 2. The number of rotatable bonds is 5. The zero-order valence-corrected chi connectivity index (χ0v) is 12.1. The molecule has 116 valence electrons. The number of urea groups is 1. The number of aromatic nitrogens is 1. The summed E-state index contributed by atoms with van der Waals surface area (Å²) < 4.78 is 27.0. The molecular weight excluding hydrogens is 288 g/mol. The minimum Gasteiger partial charge on any atom is -0.334 e. The second kappa shape index (κ2) is 7.49. The second-order valence-corrected chi connectivity index (χ2v) is 4.81. The molecule has 6 heteroatoms. The fraction of sp³-hybridized carbons (Fsp3) is 0.250. The van der Waals surface area contributed by atoms with E-state index in [0.717, 1.165) is 23.8 Å². The third-order valence-corrected chi connectivity index (χ3v) is 3.25. The summed E-state index contributed by atoms with van der Waals surface area (Å²) in [5, 5.41) is 5.32. The number of nitrogens with zero attached hydrogens (tertiary/aromatic N) is 1. The molecule has 2 amide bonds. The average molecular weight is 305 g/mol. The van der Waals surface area contributed by atoms with E-state index >= 15 is 0 Å². The molecule has 0 unspecified atom stereocenters. The van der Waals surface area contributed by atoms with Crippen molar-refractivity contribution >= 4 is 6.03 Å². The predicted octanol–water partition coefficient (Wildman–Crippen LogP) is 3.31. The monoisotopic (exact) mass is 305 g/mol. The van der Waals surface area contributed by atoms with Crippen LogP contribution in [-0.2, 0) is 6.54 Å². The van der Waals surface area contributed by atoms with Crippen molar-refractivity contribution in [3.05, 3.63) is 65.5 Å². The minimum atomic E-state index is -0.590. The molecule has 22 heavy (non-hydrogen) atoms. The van der Waals surface area contributed by atoms with Crippen LogP contribution in [0.1, 0.15) is 30.5 Å². The van der Waals surface area contributed by atoms with Gasteiger partial charge in [-0.25, -0.2) is 13.6 Å². The Morgan fingerprint density at radius 2 is 1.95 bits per heavy atom. The molecule has 1 heterocycles. The van der Waals surface area contributed by atoms with E-state index in [1.54, 1.807) is 31.5 Å². The number of pyridine rings is 1. The van der Waals surface area contributed by atoms with E-state index in [0.29, 0.717) is 13.0 Å². The van der Waals surface area contributed by atoms with Crippen molar-refractivity contribution in [2.75, 3.05) is 0 Å². The number of hydrogen-bond donors (Lipinski definition) is 2. The first-order valence-corrected chi connectivity index (χ1v) is 6.98. The van der Waals surface area contributed by atoms with Gasteiger partial charge < -0.3 is 10.6 Å². The molecule has 2 aromatic rings. The maximum atomic E-state index is 13.8. The zero-order valence-electron chi connectivity index (χ0n) is 12.1. The minimum absolute atomic E-state index is 0.140. The Morgan fingerprint density at radius 3 is 2.64 bits per heavy atom. The van der Waals surface area contributed by atoms with Crippen molar-refractivity contribution in [3.63, 3.8) is 0 Å². The van der Waals surface area contributed by atoms with Crippen LogP contribution in [-0.4, -0.2) is 11.0 Å². The van der Waals surface area contributed by atoms with Crippen LogP contribution in [0.25, 0.3) is 0 Å². The van der Waals surface area contributed by atoms with Crippen molar-refractivity contribution in [2.24, 2.45) is 0 Å². The van der Waals surface area contributed by atoms with Crippen LogP contribution in [0.4, 0.5) is 13.6 Å². The molecule has 0 aliphatic carbocycles. The molecule has 4 nitrogen and oxygen atoms in total. The van der Waals surface area contributed by atoms with Crippen molar-refractivity contribution < 1.29 is 13.6 Å². The summed E-state index contributed by atoms with van der Waals surface area (Å²) in [4.78, 5) is 15.8. The third kappa shape index (κ3) is 4.25. The number of carbonyl (C=O) groups is 1. The normalized spacial score (nSPS) is 11.8. The number of amides is 2. The molecule has 0 radical (unpaired) electrons. The molecule has 0 saturated carbocycles. The Morgan fingerprint density at radius 1 is 1.23 bits per heavy atom.